The molecule has 2 atom stereocenters. The molecule has 0 bridgehead atoms. The SMILES string of the molecule is CC(NC(=O)CNC(=O)[C@@H](N)C(C)C)c1cccc(OC(F)F)c1.Cl. The zero-order valence-electron chi connectivity index (χ0n) is 14.3. The number of benzene rings is 1. The summed E-state index contributed by atoms with van der Waals surface area (Å²) in [6, 6.07) is 4.94. The number of ether oxygens (including phenoxy) is 1. The Morgan fingerprint density at radius 1 is 1.24 bits per heavy atom. The molecule has 0 aromatic heterocycles. The van der Waals surface area contributed by atoms with Gasteiger partial charge in [0.2, 0.25) is 11.8 Å². The van der Waals surface area contributed by atoms with Crippen molar-refractivity contribution in [1.29, 1.82) is 0 Å². The molecule has 0 aliphatic rings. The van der Waals surface area contributed by atoms with Crippen molar-refractivity contribution in [3.8, 4) is 5.75 Å². The number of hydrogen-bond acceptors (Lipinski definition) is 4. The van der Waals surface area contributed by atoms with Crippen LogP contribution in [0.4, 0.5) is 8.78 Å². The normalized spacial score (nSPS) is 13.0. The van der Waals surface area contributed by atoms with E-state index in [9.17, 15) is 18.4 Å². The van der Waals surface area contributed by atoms with Gasteiger partial charge in [0.25, 0.3) is 0 Å². The number of hydrogen-bond donors (Lipinski definition) is 3. The highest BCUT2D eigenvalue weighted by atomic mass is 35.5. The van der Waals surface area contributed by atoms with E-state index in [-0.39, 0.29) is 30.6 Å². The van der Waals surface area contributed by atoms with Crippen LogP contribution in [0.1, 0.15) is 32.4 Å². The molecule has 9 heteroatoms. The minimum Gasteiger partial charge on any atom is -0.435 e. The van der Waals surface area contributed by atoms with E-state index < -0.39 is 30.5 Å². The van der Waals surface area contributed by atoms with Gasteiger partial charge in [-0.15, -0.1) is 12.4 Å². The molecular formula is C16H24ClF2N3O3. The van der Waals surface area contributed by atoms with Crippen molar-refractivity contribution >= 4 is 24.2 Å². The second-order valence-electron chi connectivity index (χ2n) is 5.73. The highest BCUT2D eigenvalue weighted by Gasteiger charge is 2.18. The van der Waals surface area contributed by atoms with Gasteiger partial charge in [-0.2, -0.15) is 8.78 Å². The Morgan fingerprint density at radius 3 is 2.44 bits per heavy atom. The van der Waals surface area contributed by atoms with Crippen LogP contribution in [0.15, 0.2) is 24.3 Å². The van der Waals surface area contributed by atoms with Gasteiger partial charge < -0.3 is 21.1 Å². The Balaban J connectivity index is 0.00000576. The van der Waals surface area contributed by atoms with E-state index in [1.54, 1.807) is 32.9 Å². The molecule has 1 aromatic carbocycles. The molecule has 0 aliphatic carbocycles. The van der Waals surface area contributed by atoms with E-state index in [1.165, 1.54) is 12.1 Å². The number of carbonyl (C=O) groups is 2. The van der Waals surface area contributed by atoms with Gasteiger partial charge in [0.15, 0.2) is 0 Å². The summed E-state index contributed by atoms with van der Waals surface area (Å²) in [4.78, 5) is 23.6. The van der Waals surface area contributed by atoms with Gasteiger partial charge in [0.1, 0.15) is 5.75 Å². The predicted molar refractivity (Wildman–Crippen MR) is 92.7 cm³/mol. The molecule has 4 N–H and O–H groups in total. The molecule has 0 saturated carbocycles. The second kappa shape index (κ2) is 10.8. The fourth-order valence-electron chi connectivity index (χ4n) is 1.92. The molecule has 0 radical (unpaired) electrons. The Labute approximate surface area is 151 Å². The molecule has 1 rings (SSSR count). The summed E-state index contributed by atoms with van der Waals surface area (Å²) >= 11 is 0. The van der Waals surface area contributed by atoms with Gasteiger partial charge in [-0.25, -0.2) is 0 Å². The lowest BCUT2D eigenvalue weighted by atomic mass is 10.1. The lowest BCUT2D eigenvalue weighted by Gasteiger charge is -2.17. The Hall–Kier alpha value is -1.93. The van der Waals surface area contributed by atoms with E-state index in [4.69, 9.17) is 5.73 Å². The van der Waals surface area contributed by atoms with Gasteiger partial charge in [-0.05, 0) is 30.5 Å². The van der Waals surface area contributed by atoms with Crippen molar-refractivity contribution in [2.24, 2.45) is 11.7 Å². The molecule has 0 heterocycles. The first-order chi connectivity index (χ1) is 11.2. The van der Waals surface area contributed by atoms with Crippen LogP contribution in [0.3, 0.4) is 0 Å². The van der Waals surface area contributed by atoms with Gasteiger partial charge in [-0.3, -0.25) is 9.59 Å². The quantitative estimate of drug-likeness (QED) is 0.644. The number of rotatable bonds is 8. The minimum atomic E-state index is -2.91. The Bertz CT molecular complexity index is 573. The molecule has 0 fully saturated rings. The smallest absolute Gasteiger partial charge is 0.387 e. The highest BCUT2D eigenvalue weighted by molar-refractivity contribution is 5.87. The molecule has 142 valence electrons. The number of nitrogens with one attached hydrogen (secondary N) is 2. The summed E-state index contributed by atoms with van der Waals surface area (Å²) in [7, 11) is 0. The number of halogens is 3. The third kappa shape index (κ3) is 8.13. The van der Waals surface area contributed by atoms with Gasteiger partial charge in [-0.1, -0.05) is 26.0 Å². The molecule has 6 nitrogen and oxygen atoms in total. The summed E-state index contributed by atoms with van der Waals surface area (Å²) in [5.74, 6) is -0.837. The maximum Gasteiger partial charge on any atom is 0.387 e. The van der Waals surface area contributed by atoms with E-state index >= 15 is 0 Å². The van der Waals surface area contributed by atoms with Crippen LogP contribution in [-0.4, -0.2) is 31.0 Å². The van der Waals surface area contributed by atoms with Gasteiger partial charge in [0.05, 0.1) is 18.6 Å². The average Bonchev–Trinajstić information content (AvgIpc) is 2.51. The van der Waals surface area contributed by atoms with Crippen molar-refractivity contribution in [3.63, 3.8) is 0 Å². The molecule has 0 aliphatic heterocycles. The molecular weight excluding hydrogens is 356 g/mol. The monoisotopic (exact) mass is 379 g/mol. The number of amides is 2. The van der Waals surface area contributed by atoms with Crippen LogP contribution >= 0.6 is 12.4 Å². The molecule has 2 amide bonds. The van der Waals surface area contributed by atoms with Crippen molar-refractivity contribution in [3.05, 3.63) is 29.8 Å². The predicted octanol–water partition coefficient (Wildman–Crippen LogP) is 1.99. The first-order valence-corrected chi connectivity index (χ1v) is 7.58. The van der Waals surface area contributed by atoms with E-state index in [0.717, 1.165) is 0 Å². The van der Waals surface area contributed by atoms with Crippen molar-refractivity contribution in [1.82, 2.24) is 10.6 Å². The summed E-state index contributed by atoms with van der Waals surface area (Å²) in [6.45, 7) is 2.19. The fourth-order valence-corrected chi connectivity index (χ4v) is 1.92. The molecule has 1 unspecified atom stereocenters. The summed E-state index contributed by atoms with van der Waals surface area (Å²) in [6.07, 6.45) is 0. The molecule has 25 heavy (non-hydrogen) atoms. The highest BCUT2D eigenvalue weighted by Crippen LogP contribution is 2.20. The van der Waals surface area contributed by atoms with Crippen LogP contribution in [0, 0.1) is 5.92 Å². The standard InChI is InChI=1S/C16H23F2N3O3.ClH/c1-9(2)14(19)15(23)20-8-13(22)21-10(3)11-5-4-6-12(7-11)24-16(17)18;/h4-7,9-10,14,16H,8,19H2,1-3H3,(H,20,23)(H,21,22);1H/t10?,14-;/m0./s1. The lowest BCUT2D eigenvalue weighted by Crippen LogP contribution is -2.47. The maximum absolute atomic E-state index is 12.2. The first kappa shape index (κ1) is 23.1. The van der Waals surface area contributed by atoms with Crippen molar-refractivity contribution in [2.75, 3.05) is 6.54 Å². The van der Waals surface area contributed by atoms with Gasteiger partial charge >= 0.3 is 6.61 Å². The largest absolute Gasteiger partial charge is 0.435 e. The minimum absolute atomic E-state index is 0. The fraction of sp³-hybridized carbons (Fsp3) is 0.500. The van der Waals surface area contributed by atoms with Crippen molar-refractivity contribution < 1.29 is 23.1 Å². The van der Waals surface area contributed by atoms with E-state index in [1.807, 2.05) is 0 Å². The number of nitrogens with two attached hydrogens (primary N) is 1. The second-order valence-corrected chi connectivity index (χ2v) is 5.73. The van der Waals surface area contributed by atoms with Crippen LogP contribution < -0.4 is 21.1 Å². The van der Waals surface area contributed by atoms with Crippen LogP contribution in [-0.2, 0) is 9.59 Å². The summed E-state index contributed by atoms with van der Waals surface area (Å²) in [5.41, 5.74) is 6.28. The number of carbonyl (C=O) groups excluding carboxylic acids is 2. The molecule has 0 saturated heterocycles. The van der Waals surface area contributed by atoms with E-state index in [0.29, 0.717) is 5.56 Å². The van der Waals surface area contributed by atoms with Crippen LogP contribution in [0.5, 0.6) is 5.75 Å². The molecule has 0 spiro atoms. The summed E-state index contributed by atoms with van der Waals surface area (Å²) in [5, 5.41) is 5.12. The lowest BCUT2D eigenvalue weighted by molar-refractivity contribution is -0.127. The third-order valence-electron chi connectivity index (χ3n) is 3.40. The van der Waals surface area contributed by atoms with Crippen LogP contribution in [0.2, 0.25) is 0 Å². The van der Waals surface area contributed by atoms with Crippen LogP contribution in [0.25, 0.3) is 0 Å². The van der Waals surface area contributed by atoms with Gasteiger partial charge in [0, 0.05) is 0 Å². The molecule has 1 aromatic rings. The zero-order valence-corrected chi connectivity index (χ0v) is 15.1. The van der Waals surface area contributed by atoms with E-state index in [2.05, 4.69) is 15.4 Å². The Morgan fingerprint density at radius 2 is 1.88 bits per heavy atom. The first-order valence-electron chi connectivity index (χ1n) is 7.58. The maximum atomic E-state index is 12.2. The third-order valence-corrected chi connectivity index (χ3v) is 3.40. The Kier molecular flexibility index (Phi) is 10.00. The summed E-state index contributed by atoms with van der Waals surface area (Å²) < 4.78 is 28.8. The topological polar surface area (TPSA) is 93.5 Å². The number of alkyl halides is 2. The zero-order chi connectivity index (χ0) is 18.3. The average molecular weight is 380 g/mol. The van der Waals surface area contributed by atoms with Crippen molar-refractivity contribution in [2.45, 2.75) is 39.5 Å².